The van der Waals surface area contributed by atoms with E-state index in [4.69, 9.17) is 5.73 Å². The highest BCUT2D eigenvalue weighted by molar-refractivity contribution is 5.95. The summed E-state index contributed by atoms with van der Waals surface area (Å²) in [4.78, 5) is 28.9. The molecule has 0 aliphatic carbocycles. The summed E-state index contributed by atoms with van der Waals surface area (Å²) in [6.07, 6.45) is 2.74. The monoisotopic (exact) mass is 457 g/mol. The van der Waals surface area contributed by atoms with Crippen LogP contribution in [0.3, 0.4) is 0 Å². The summed E-state index contributed by atoms with van der Waals surface area (Å²) < 4.78 is 1.84. The fourth-order valence-corrected chi connectivity index (χ4v) is 5.28. The van der Waals surface area contributed by atoms with Crippen LogP contribution in [0, 0.1) is 25.7 Å². The molecule has 1 aromatic heterocycles. The average Bonchev–Trinajstić information content (AvgIpc) is 3.51. The fraction of sp³-hybridized carbons (Fsp3) is 0.370. The lowest BCUT2D eigenvalue weighted by Crippen LogP contribution is -2.33. The minimum Gasteiger partial charge on any atom is -0.371 e. The molecule has 7 nitrogen and oxygen atoms in total. The summed E-state index contributed by atoms with van der Waals surface area (Å²) in [6.45, 7) is 7.45. The summed E-state index contributed by atoms with van der Waals surface area (Å²) in [5, 5.41) is 4.50. The first kappa shape index (κ1) is 22.2. The highest BCUT2D eigenvalue weighted by atomic mass is 16.2. The molecule has 2 atom stereocenters. The van der Waals surface area contributed by atoms with Gasteiger partial charge in [-0.15, -0.1) is 0 Å². The number of carbonyl (C=O) groups excluding carboxylic acids is 2. The largest absolute Gasteiger partial charge is 0.371 e. The zero-order valence-corrected chi connectivity index (χ0v) is 19.8. The standard InChI is InChI=1S/C27H31N5O2/c1-18-6-9-23(10-7-18)32-19(2)25(13-29-32)27(34)31-16-21-14-30(15-22(21)17-31)24-5-3-4-20(12-24)8-11-26(28)33/h3-7,9-10,12-13,21-22H,8,11,14-17H2,1-2H3,(H2,28,33). The molecular formula is C27H31N5O2. The van der Waals surface area contributed by atoms with Crippen molar-refractivity contribution in [3.63, 3.8) is 0 Å². The molecule has 0 bridgehead atoms. The van der Waals surface area contributed by atoms with Crippen LogP contribution in [-0.2, 0) is 11.2 Å². The number of aromatic nitrogens is 2. The molecule has 3 aromatic rings. The second-order valence-electron chi connectivity index (χ2n) is 9.66. The van der Waals surface area contributed by atoms with Crippen LogP contribution in [-0.4, -0.2) is 52.7 Å². The average molecular weight is 458 g/mol. The number of anilines is 1. The van der Waals surface area contributed by atoms with Crippen LogP contribution in [0.4, 0.5) is 5.69 Å². The van der Waals surface area contributed by atoms with Crippen LogP contribution >= 0.6 is 0 Å². The number of likely N-dealkylation sites (tertiary alicyclic amines) is 1. The SMILES string of the molecule is Cc1ccc(-n2ncc(C(=O)N3CC4CN(c5cccc(CCC(N)=O)c5)CC4C3)c2C)cc1. The minimum absolute atomic E-state index is 0.0743. The lowest BCUT2D eigenvalue weighted by Gasteiger charge is -2.23. The Morgan fingerprint density at radius 3 is 2.35 bits per heavy atom. The first-order valence-corrected chi connectivity index (χ1v) is 11.9. The molecule has 0 spiro atoms. The second-order valence-corrected chi connectivity index (χ2v) is 9.66. The number of carbonyl (C=O) groups is 2. The zero-order valence-electron chi connectivity index (χ0n) is 19.8. The van der Waals surface area contributed by atoms with Crippen molar-refractivity contribution >= 4 is 17.5 Å². The van der Waals surface area contributed by atoms with E-state index in [1.165, 1.54) is 11.3 Å². The highest BCUT2D eigenvalue weighted by Crippen LogP contribution is 2.35. The van der Waals surface area contributed by atoms with Gasteiger partial charge in [0, 0.05) is 50.1 Å². The van der Waals surface area contributed by atoms with E-state index in [2.05, 4.69) is 41.2 Å². The van der Waals surface area contributed by atoms with Crippen molar-refractivity contribution in [2.24, 2.45) is 17.6 Å². The van der Waals surface area contributed by atoms with Crippen LogP contribution in [0.5, 0.6) is 0 Å². The van der Waals surface area contributed by atoms with Gasteiger partial charge in [0.1, 0.15) is 0 Å². The predicted molar refractivity (Wildman–Crippen MR) is 132 cm³/mol. The van der Waals surface area contributed by atoms with Gasteiger partial charge in [-0.25, -0.2) is 4.68 Å². The summed E-state index contributed by atoms with van der Waals surface area (Å²) in [5.41, 5.74) is 11.3. The van der Waals surface area contributed by atoms with Gasteiger partial charge in [-0.3, -0.25) is 9.59 Å². The summed E-state index contributed by atoms with van der Waals surface area (Å²) in [5.74, 6) is 0.729. The van der Waals surface area contributed by atoms with Crippen LogP contribution in [0.25, 0.3) is 5.69 Å². The molecule has 2 aliphatic heterocycles. The molecule has 5 rings (SSSR count). The Morgan fingerprint density at radius 2 is 1.68 bits per heavy atom. The van der Waals surface area contributed by atoms with Crippen molar-refractivity contribution < 1.29 is 9.59 Å². The Labute approximate surface area is 200 Å². The maximum absolute atomic E-state index is 13.3. The van der Waals surface area contributed by atoms with E-state index >= 15 is 0 Å². The quantitative estimate of drug-likeness (QED) is 0.616. The molecule has 2 N–H and O–H groups in total. The van der Waals surface area contributed by atoms with Gasteiger partial charge in [0.2, 0.25) is 5.91 Å². The van der Waals surface area contributed by atoms with Crippen molar-refractivity contribution in [3.8, 4) is 5.69 Å². The van der Waals surface area contributed by atoms with Gasteiger partial charge < -0.3 is 15.5 Å². The van der Waals surface area contributed by atoms with Gasteiger partial charge in [-0.2, -0.15) is 5.10 Å². The second kappa shape index (κ2) is 8.97. The number of fused-ring (bicyclic) bond motifs is 1. The minimum atomic E-state index is -0.273. The van der Waals surface area contributed by atoms with E-state index in [1.807, 2.05) is 40.8 Å². The molecule has 3 heterocycles. The van der Waals surface area contributed by atoms with Crippen molar-refractivity contribution in [2.75, 3.05) is 31.1 Å². The summed E-state index contributed by atoms with van der Waals surface area (Å²) in [7, 11) is 0. The third-order valence-electron chi connectivity index (χ3n) is 7.23. The molecule has 7 heteroatoms. The van der Waals surface area contributed by atoms with E-state index in [0.29, 0.717) is 30.2 Å². The number of nitrogens with two attached hydrogens (primary N) is 1. The molecule has 2 unspecified atom stereocenters. The molecule has 2 saturated heterocycles. The third kappa shape index (κ3) is 4.30. The lowest BCUT2D eigenvalue weighted by molar-refractivity contribution is -0.117. The third-order valence-corrected chi connectivity index (χ3v) is 7.23. The first-order valence-electron chi connectivity index (χ1n) is 11.9. The fourth-order valence-electron chi connectivity index (χ4n) is 5.28. The molecule has 2 amide bonds. The van der Waals surface area contributed by atoms with Gasteiger partial charge in [-0.05, 0) is 50.1 Å². The Balaban J connectivity index is 1.23. The van der Waals surface area contributed by atoms with E-state index in [1.54, 1.807) is 6.20 Å². The molecule has 2 aliphatic rings. The number of hydrogen-bond acceptors (Lipinski definition) is 4. The smallest absolute Gasteiger partial charge is 0.257 e. The van der Waals surface area contributed by atoms with Gasteiger partial charge in [-0.1, -0.05) is 29.8 Å². The maximum atomic E-state index is 13.3. The van der Waals surface area contributed by atoms with Gasteiger partial charge in [0.15, 0.2) is 0 Å². The normalized spacial score (nSPS) is 19.5. The first-order chi connectivity index (χ1) is 16.4. The summed E-state index contributed by atoms with van der Waals surface area (Å²) >= 11 is 0. The molecule has 0 radical (unpaired) electrons. The van der Waals surface area contributed by atoms with E-state index in [-0.39, 0.29) is 11.8 Å². The van der Waals surface area contributed by atoms with E-state index in [0.717, 1.165) is 43.1 Å². The van der Waals surface area contributed by atoms with Crippen molar-refractivity contribution in [3.05, 3.63) is 77.1 Å². The number of primary amides is 1. The number of rotatable bonds is 6. The molecule has 34 heavy (non-hydrogen) atoms. The topological polar surface area (TPSA) is 84.5 Å². The Morgan fingerprint density at radius 1 is 0.971 bits per heavy atom. The van der Waals surface area contributed by atoms with Crippen LogP contribution in [0.2, 0.25) is 0 Å². The van der Waals surface area contributed by atoms with Crippen molar-refractivity contribution in [1.29, 1.82) is 0 Å². The number of benzene rings is 2. The van der Waals surface area contributed by atoms with Gasteiger partial charge in [0.25, 0.3) is 5.91 Å². The van der Waals surface area contributed by atoms with Gasteiger partial charge >= 0.3 is 0 Å². The number of hydrogen-bond donors (Lipinski definition) is 1. The lowest BCUT2D eigenvalue weighted by atomic mass is 10.0. The molecule has 176 valence electrons. The van der Waals surface area contributed by atoms with Crippen LogP contribution in [0.15, 0.2) is 54.7 Å². The van der Waals surface area contributed by atoms with Crippen molar-refractivity contribution in [2.45, 2.75) is 26.7 Å². The maximum Gasteiger partial charge on any atom is 0.257 e. The van der Waals surface area contributed by atoms with Crippen LogP contribution in [0.1, 0.15) is 33.6 Å². The summed E-state index contributed by atoms with van der Waals surface area (Å²) in [6, 6.07) is 16.5. The zero-order chi connectivity index (χ0) is 23.8. The molecule has 0 saturated carbocycles. The number of amides is 2. The van der Waals surface area contributed by atoms with E-state index < -0.39 is 0 Å². The Kier molecular flexibility index (Phi) is 5.86. The molecular weight excluding hydrogens is 426 g/mol. The highest BCUT2D eigenvalue weighted by Gasteiger charge is 2.42. The van der Waals surface area contributed by atoms with Gasteiger partial charge in [0.05, 0.1) is 23.1 Å². The van der Waals surface area contributed by atoms with Crippen LogP contribution < -0.4 is 10.6 Å². The molecule has 2 aromatic carbocycles. The molecule has 2 fully saturated rings. The van der Waals surface area contributed by atoms with Crippen molar-refractivity contribution in [1.82, 2.24) is 14.7 Å². The number of aryl methyl sites for hydroxylation is 2. The predicted octanol–water partition coefficient (Wildman–Crippen LogP) is 3.12. The number of nitrogens with zero attached hydrogens (tertiary/aromatic N) is 4. The van der Waals surface area contributed by atoms with E-state index in [9.17, 15) is 9.59 Å². The Hall–Kier alpha value is -3.61. The Bertz CT molecular complexity index is 1200.